The minimum Gasteiger partial charge on any atom is -0.460 e. The second-order valence-electron chi connectivity index (χ2n) is 10.6. The summed E-state index contributed by atoms with van der Waals surface area (Å²) < 4.78 is 21.0. The van der Waals surface area contributed by atoms with Crippen LogP contribution >= 0.6 is 11.6 Å². The molecule has 1 unspecified atom stereocenters. The van der Waals surface area contributed by atoms with E-state index >= 15 is 0 Å². The average molecular weight is 558 g/mol. The second kappa shape index (κ2) is 14.8. The smallest absolute Gasteiger partial charge is 0.416 e. The molecule has 0 radical (unpaired) electrons. The molecule has 2 atom stereocenters. The Labute approximate surface area is 229 Å². The third-order valence-electron chi connectivity index (χ3n) is 4.61. The van der Waals surface area contributed by atoms with Crippen LogP contribution in [-0.2, 0) is 35.1 Å². The van der Waals surface area contributed by atoms with Gasteiger partial charge in [-0.1, -0.05) is 24.1 Å². The number of aromatic nitrogens is 1. The number of ether oxygens (including phenoxy) is 4. The van der Waals surface area contributed by atoms with Gasteiger partial charge in [0.25, 0.3) is 0 Å². The Hall–Kier alpha value is -3.08. The van der Waals surface area contributed by atoms with Gasteiger partial charge < -0.3 is 24.3 Å². The summed E-state index contributed by atoms with van der Waals surface area (Å²) in [5.41, 5.74) is -1.76. The molecular weight excluding hydrogens is 518 g/mol. The molecule has 1 heterocycles. The van der Waals surface area contributed by atoms with E-state index in [0.29, 0.717) is 18.4 Å². The molecule has 0 aliphatic heterocycles. The van der Waals surface area contributed by atoms with E-state index in [-0.39, 0.29) is 31.2 Å². The van der Waals surface area contributed by atoms with Crippen molar-refractivity contribution in [2.24, 2.45) is 0 Å². The number of carbonyl (C=O) groups is 4. The van der Waals surface area contributed by atoms with Crippen molar-refractivity contribution in [1.29, 1.82) is 0 Å². The number of carbonyl (C=O) groups excluding carboxylic acids is 4. The maximum absolute atomic E-state index is 13.0. The first-order chi connectivity index (χ1) is 17.5. The van der Waals surface area contributed by atoms with Gasteiger partial charge in [-0.05, 0) is 67.4 Å². The zero-order valence-corrected chi connectivity index (χ0v) is 24.2. The molecule has 1 aromatic heterocycles. The van der Waals surface area contributed by atoms with Gasteiger partial charge in [-0.3, -0.25) is 9.69 Å². The Balaban J connectivity index is 2.87. The van der Waals surface area contributed by atoms with Crippen molar-refractivity contribution in [3.8, 4) is 0 Å². The molecule has 0 aliphatic carbocycles. The second-order valence-corrected chi connectivity index (χ2v) is 11.2. The zero-order chi connectivity index (χ0) is 29.1. The Kier molecular flexibility index (Phi) is 12.8. The number of hydrogen-bond donors (Lipinski definition) is 1. The molecule has 1 N–H and O–H groups in total. The highest BCUT2D eigenvalue weighted by molar-refractivity contribution is 6.20. The Bertz CT molecular complexity index is 957. The number of alkyl halides is 1. The van der Waals surface area contributed by atoms with Gasteiger partial charge >= 0.3 is 24.1 Å². The third kappa shape index (κ3) is 13.5. The molecule has 0 spiro atoms. The van der Waals surface area contributed by atoms with Crippen LogP contribution in [0.1, 0.15) is 79.7 Å². The minimum atomic E-state index is -1.02. The molecule has 11 nitrogen and oxygen atoms in total. The Morgan fingerprint density at radius 2 is 1.68 bits per heavy atom. The van der Waals surface area contributed by atoms with Crippen molar-refractivity contribution in [2.75, 3.05) is 11.9 Å². The number of halogens is 1. The van der Waals surface area contributed by atoms with Crippen molar-refractivity contribution in [3.63, 3.8) is 0 Å². The van der Waals surface area contributed by atoms with Gasteiger partial charge in [-0.15, -0.1) is 0 Å². The lowest BCUT2D eigenvalue weighted by Gasteiger charge is -2.23. The number of anilines is 1. The Morgan fingerprint density at radius 3 is 2.26 bits per heavy atom. The van der Waals surface area contributed by atoms with Crippen LogP contribution in [-0.4, -0.2) is 59.0 Å². The molecule has 0 saturated heterocycles. The number of nitrogens with one attached hydrogen (secondary N) is 1. The van der Waals surface area contributed by atoms with Crippen LogP contribution in [0.3, 0.4) is 0 Å². The summed E-state index contributed by atoms with van der Waals surface area (Å²) in [4.78, 5) is 54.9. The number of rotatable bonds is 11. The van der Waals surface area contributed by atoms with Crippen molar-refractivity contribution in [1.82, 2.24) is 10.3 Å². The van der Waals surface area contributed by atoms with Gasteiger partial charge in [0.15, 0.2) is 5.56 Å². The van der Waals surface area contributed by atoms with Crippen LogP contribution in [0.15, 0.2) is 18.3 Å². The van der Waals surface area contributed by atoms with Crippen LogP contribution in [0.25, 0.3) is 0 Å². The van der Waals surface area contributed by atoms with E-state index in [9.17, 15) is 19.2 Å². The number of hydrogen-bond acceptors (Lipinski definition) is 9. The minimum absolute atomic E-state index is 0.174. The fourth-order valence-electron chi connectivity index (χ4n) is 3.11. The maximum Gasteiger partial charge on any atom is 0.416 e. The highest BCUT2D eigenvalue weighted by Gasteiger charge is 2.27. The lowest BCUT2D eigenvalue weighted by atomic mass is 10.1. The van der Waals surface area contributed by atoms with E-state index in [1.165, 1.54) is 20.2 Å². The van der Waals surface area contributed by atoms with E-state index in [0.717, 1.165) is 4.90 Å². The number of amides is 2. The first kappa shape index (κ1) is 32.9. The molecule has 12 heteroatoms. The van der Waals surface area contributed by atoms with Gasteiger partial charge in [0.2, 0.25) is 0 Å². The van der Waals surface area contributed by atoms with Crippen LogP contribution < -0.4 is 10.2 Å². The predicted octanol–water partition coefficient (Wildman–Crippen LogP) is 5.08. The van der Waals surface area contributed by atoms with Gasteiger partial charge in [-0.25, -0.2) is 19.4 Å². The highest BCUT2D eigenvalue weighted by atomic mass is 35.5. The topological polar surface area (TPSA) is 133 Å². The van der Waals surface area contributed by atoms with E-state index in [1.807, 2.05) is 0 Å². The van der Waals surface area contributed by atoms with Crippen LogP contribution in [0.5, 0.6) is 0 Å². The molecule has 1 aromatic rings. The molecule has 1 rings (SSSR count). The number of nitrogens with zero attached hydrogens (tertiary/aromatic N) is 2. The first-order valence-electron chi connectivity index (χ1n) is 12.4. The molecule has 38 heavy (non-hydrogen) atoms. The average Bonchev–Trinajstić information content (AvgIpc) is 2.76. The lowest BCUT2D eigenvalue weighted by Crippen LogP contribution is -2.44. The SMILES string of the molecule is CC(Cl)OC(=O)N(C)c1ncccc1COC(=O)[C@H](CCCCC(=O)OC(C)(C)C)NC(=O)OC(C)(C)C. The quantitative estimate of drug-likeness (QED) is 0.171. The molecule has 0 saturated carbocycles. The van der Waals surface area contributed by atoms with Crippen molar-refractivity contribution in [2.45, 2.75) is 104 Å². The van der Waals surface area contributed by atoms with Crippen LogP contribution in [0.4, 0.5) is 15.4 Å². The summed E-state index contributed by atoms with van der Waals surface area (Å²) >= 11 is 5.73. The van der Waals surface area contributed by atoms with Crippen molar-refractivity contribution < 1.29 is 38.1 Å². The molecule has 0 bridgehead atoms. The largest absolute Gasteiger partial charge is 0.460 e. The highest BCUT2D eigenvalue weighted by Crippen LogP contribution is 2.19. The molecule has 0 fully saturated rings. The van der Waals surface area contributed by atoms with Gasteiger partial charge in [0.1, 0.15) is 29.7 Å². The van der Waals surface area contributed by atoms with Gasteiger partial charge in [0.05, 0.1) is 0 Å². The summed E-state index contributed by atoms with van der Waals surface area (Å²) in [5, 5.41) is 2.55. The van der Waals surface area contributed by atoms with Gasteiger partial charge in [0, 0.05) is 25.2 Å². The monoisotopic (exact) mass is 557 g/mol. The number of alkyl carbamates (subject to hydrolysis) is 1. The fourth-order valence-corrected chi connectivity index (χ4v) is 3.18. The maximum atomic E-state index is 13.0. The lowest BCUT2D eigenvalue weighted by molar-refractivity contribution is -0.154. The third-order valence-corrected chi connectivity index (χ3v) is 4.70. The first-order valence-corrected chi connectivity index (χ1v) is 12.8. The molecule has 214 valence electrons. The van der Waals surface area contributed by atoms with Crippen molar-refractivity contribution in [3.05, 3.63) is 23.9 Å². The molecule has 2 amide bonds. The summed E-state index contributed by atoms with van der Waals surface area (Å²) in [6.07, 6.45) is 1.26. The molecule has 0 aromatic carbocycles. The zero-order valence-electron chi connectivity index (χ0n) is 23.5. The standard InChI is InChI=1S/C26H40ClN3O8/c1-17(27)36-24(34)30(8)21-18(12-11-15-28-21)16-35-22(32)19(29-23(33)38-26(5,6)7)13-9-10-14-20(31)37-25(2,3)4/h11-12,15,17,19H,9-10,13-14,16H2,1-8H3,(H,29,33)/t17?,19-/m0/s1. The Morgan fingerprint density at radius 1 is 1.05 bits per heavy atom. The van der Waals surface area contributed by atoms with Crippen LogP contribution in [0.2, 0.25) is 0 Å². The van der Waals surface area contributed by atoms with E-state index in [2.05, 4.69) is 10.3 Å². The summed E-state index contributed by atoms with van der Waals surface area (Å²) in [6.45, 7) is 11.8. The predicted molar refractivity (Wildman–Crippen MR) is 142 cm³/mol. The van der Waals surface area contributed by atoms with Gasteiger partial charge in [-0.2, -0.15) is 0 Å². The summed E-state index contributed by atoms with van der Waals surface area (Å²) in [7, 11) is 1.45. The van der Waals surface area contributed by atoms with E-state index in [4.69, 9.17) is 30.5 Å². The summed E-state index contributed by atoms with van der Waals surface area (Å²) in [6, 6.07) is 2.24. The number of esters is 2. The molecule has 0 aliphatic rings. The number of pyridine rings is 1. The number of unbranched alkanes of at least 4 members (excludes halogenated alkanes) is 1. The van der Waals surface area contributed by atoms with E-state index in [1.54, 1.807) is 53.7 Å². The normalized spacial score (nSPS) is 13.1. The fraction of sp³-hybridized carbons (Fsp3) is 0.654. The molecular formula is C26H40ClN3O8. The van der Waals surface area contributed by atoms with Crippen molar-refractivity contribution >= 4 is 41.5 Å². The van der Waals surface area contributed by atoms with E-state index < -0.39 is 41.0 Å². The van der Waals surface area contributed by atoms with Crippen LogP contribution in [0, 0.1) is 0 Å². The summed E-state index contributed by atoms with van der Waals surface area (Å²) in [5.74, 6) is -0.828.